The molecule has 1 aromatic rings. The van der Waals surface area contributed by atoms with E-state index in [9.17, 15) is 9.59 Å². The summed E-state index contributed by atoms with van der Waals surface area (Å²) in [6, 6.07) is 5.99. The second-order valence-electron chi connectivity index (χ2n) is 6.85. The molecule has 0 bridgehead atoms. The third-order valence-corrected chi connectivity index (χ3v) is 5.28. The molecular weight excluding hydrogens is 292 g/mol. The first-order valence-corrected chi connectivity index (χ1v) is 8.01. The first kappa shape index (κ1) is 14.2. The lowest BCUT2D eigenvalue weighted by Gasteiger charge is -2.23. The van der Waals surface area contributed by atoms with Crippen LogP contribution in [0, 0.1) is 28.6 Å². The fraction of sp³-hybridized carbons (Fsp3) is 0.529. The van der Waals surface area contributed by atoms with Crippen molar-refractivity contribution in [3.8, 4) is 6.07 Å². The highest BCUT2D eigenvalue weighted by Crippen LogP contribution is 2.48. The van der Waals surface area contributed by atoms with Crippen molar-refractivity contribution in [3.63, 3.8) is 0 Å². The van der Waals surface area contributed by atoms with Crippen molar-refractivity contribution in [3.05, 3.63) is 30.1 Å². The number of fused-ring (bicyclic) bond motifs is 1. The van der Waals surface area contributed by atoms with E-state index in [2.05, 4.69) is 11.1 Å². The number of nitriles is 1. The average Bonchev–Trinajstić information content (AvgIpc) is 3.19. The maximum atomic E-state index is 12.6. The number of hydrogen-bond acceptors (Lipinski definition) is 4. The number of carbonyl (C=O) groups excluding carboxylic acids is 2. The Morgan fingerprint density at radius 2 is 2.22 bits per heavy atom. The van der Waals surface area contributed by atoms with Gasteiger partial charge in [0.25, 0.3) is 0 Å². The molecule has 2 saturated heterocycles. The van der Waals surface area contributed by atoms with Gasteiger partial charge in [-0.15, -0.1) is 0 Å². The Morgan fingerprint density at radius 1 is 1.39 bits per heavy atom. The molecule has 2 aliphatic heterocycles. The molecule has 0 radical (unpaired) electrons. The van der Waals surface area contributed by atoms with E-state index in [1.807, 2.05) is 17.0 Å². The summed E-state index contributed by atoms with van der Waals surface area (Å²) in [4.78, 5) is 32.7. The van der Waals surface area contributed by atoms with E-state index in [1.54, 1.807) is 17.3 Å². The van der Waals surface area contributed by atoms with E-state index in [4.69, 9.17) is 5.26 Å². The number of carbonyl (C=O) groups is 2. The minimum Gasteiger partial charge on any atom is -0.340 e. The number of aromatic nitrogens is 1. The van der Waals surface area contributed by atoms with E-state index < -0.39 is 5.41 Å². The minimum absolute atomic E-state index is 0.0685. The molecule has 1 saturated carbocycles. The van der Waals surface area contributed by atoms with Crippen LogP contribution in [0.3, 0.4) is 0 Å². The van der Waals surface area contributed by atoms with Gasteiger partial charge in [0, 0.05) is 44.5 Å². The predicted octanol–water partition coefficient (Wildman–Crippen LogP) is 0.802. The first-order valence-electron chi connectivity index (χ1n) is 8.01. The van der Waals surface area contributed by atoms with Crippen LogP contribution >= 0.6 is 0 Å². The number of hydrogen-bond donors (Lipinski definition) is 0. The lowest BCUT2D eigenvalue weighted by Crippen LogP contribution is -2.38. The van der Waals surface area contributed by atoms with Crippen LogP contribution in [-0.2, 0) is 16.1 Å². The normalized spacial score (nSPS) is 27.7. The van der Waals surface area contributed by atoms with E-state index in [0.29, 0.717) is 39.0 Å². The van der Waals surface area contributed by atoms with Crippen molar-refractivity contribution < 1.29 is 9.59 Å². The molecule has 6 nitrogen and oxygen atoms in total. The Hall–Kier alpha value is -2.42. The SMILES string of the molecule is N#CC1(C(=O)N2C[C@@H]3CN(Cc4cccnc4)C(=O)[C@@H]3C2)CC1. The van der Waals surface area contributed by atoms with Gasteiger partial charge in [-0.3, -0.25) is 14.6 Å². The number of rotatable bonds is 3. The average molecular weight is 310 g/mol. The van der Waals surface area contributed by atoms with Gasteiger partial charge in [-0.2, -0.15) is 5.26 Å². The fourth-order valence-corrected chi connectivity index (χ4v) is 3.77. The van der Waals surface area contributed by atoms with Gasteiger partial charge in [-0.1, -0.05) is 6.07 Å². The van der Waals surface area contributed by atoms with E-state index in [-0.39, 0.29) is 23.7 Å². The second-order valence-corrected chi connectivity index (χ2v) is 6.85. The smallest absolute Gasteiger partial charge is 0.243 e. The summed E-state index contributed by atoms with van der Waals surface area (Å²) in [5.41, 5.74) is 0.243. The zero-order chi connectivity index (χ0) is 16.0. The highest BCUT2D eigenvalue weighted by atomic mass is 16.2. The summed E-state index contributed by atoms with van der Waals surface area (Å²) in [5, 5.41) is 9.17. The molecule has 0 N–H and O–H groups in total. The molecule has 3 heterocycles. The molecule has 23 heavy (non-hydrogen) atoms. The van der Waals surface area contributed by atoms with E-state index in [1.165, 1.54) is 0 Å². The lowest BCUT2D eigenvalue weighted by molar-refractivity contribution is -0.135. The lowest BCUT2D eigenvalue weighted by atomic mass is 10.0. The van der Waals surface area contributed by atoms with Crippen molar-refractivity contribution in [2.45, 2.75) is 19.4 Å². The molecule has 4 rings (SSSR count). The molecule has 1 aliphatic carbocycles. The number of likely N-dealkylation sites (tertiary alicyclic amines) is 2. The molecule has 3 fully saturated rings. The maximum Gasteiger partial charge on any atom is 0.243 e. The van der Waals surface area contributed by atoms with Crippen LogP contribution in [0.15, 0.2) is 24.5 Å². The van der Waals surface area contributed by atoms with Crippen molar-refractivity contribution >= 4 is 11.8 Å². The number of amides is 2. The maximum absolute atomic E-state index is 12.6. The minimum atomic E-state index is -0.781. The van der Waals surface area contributed by atoms with Crippen LogP contribution in [0.4, 0.5) is 0 Å². The van der Waals surface area contributed by atoms with Crippen LogP contribution < -0.4 is 0 Å². The van der Waals surface area contributed by atoms with Crippen LogP contribution in [0.1, 0.15) is 18.4 Å². The van der Waals surface area contributed by atoms with Crippen molar-refractivity contribution in [1.82, 2.24) is 14.8 Å². The highest BCUT2D eigenvalue weighted by Gasteiger charge is 2.56. The molecule has 0 aromatic carbocycles. The molecular formula is C17H18N4O2. The van der Waals surface area contributed by atoms with Crippen LogP contribution in [-0.4, -0.2) is 46.2 Å². The van der Waals surface area contributed by atoms with E-state index in [0.717, 1.165) is 5.56 Å². The molecule has 2 amide bonds. The van der Waals surface area contributed by atoms with Crippen molar-refractivity contribution in [2.75, 3.05) is 19.6 Å². The van der Waals surface area contributed by atoms with Gasteiger partial charge in [-0.05, 0) is 24.5 Å². The summed E-state index contributed by atoms with van der Waals surface area (Å²) >= 11 is 0. The third-order valence-electron chi connectivity index (χ3n) is 5.28. The Balaban J connectivity index is 1.42. The Kier molecular flexibility index (Phi) is 3.12. The molecule has 6 heteroatoms. The Labute approximate surface area is 134 Å². The van der Waals surface area contributed by atoms with Gasteiger partial charge >= 0.3 is 0 Å². The molecule has 118 valence electrons. The van der Waals surface area contributed by atoms with Crippen molar-refractivity contribution in [1.29, 1.82) is 5.26 Å². The second kappa shape index (κ2) is 5.05. The zero-order valence-electron chi connectivity index (χ0n) is 12.8. The van der Waals surface area contributed by atoms with Gasteiger partial charge in [0.2, 0.25) is 11.8 Å². The molecule has 1 aromatic heterocycles. The Morgan fingerprint density at radius 3 is 2.83 bits per heavy atom. The van der Waals surface area contributed by atoms with Crippen LogP contribution in [0.2, 0.25) is 0 Å². The van der Waals surface area contributed by atoms with Crippen molar-refractivity contribution in [2.24, 2.45) is 17.3 Å². The number of nitrogens with zero attached hydrogens (tertiary/aromatic N) is 4. The highest BCUT2D eigenvalue weighted by molar-refractivity contribution is 5.90. The monoisotopic (exact) mass is 310 g/mol. The van der Waals surface area contributed by atoms with Gasteiger partial charge in [0.05, 0.1) is 12.0 Å². The van der Waals surface area contributed by atoms with Gasteiger partial charge in [0.1, 0.15) is 5.41 Å². The summed E-state index contributed by atoms with van der Waals surface area (Å²) in [5.74, 6) is 0.139. The van der Waals surface area contributed by atoms with Gasteiger partial charge < -0.3 is 9.80 Å². The Bertz CT molecular complexity index is 692. The predicted molar refractivity (Wildman–Crippen MR) is 80.5 cm³/mol. The topological polar surface area (TPSA) is 77.3 Å². The van der Waals surface area contributed by atoms with Crippen LogP contribution in [0.25, 0.3) is 0 Å². The summed E-state index contributed by atoms with van der Waals surface area (Å²) in [6.07, 6.45) is 4.82. The summed E-state index contributed by atoms with van der Waals surface area (Å²) < 4.78 is 0. The summed E-state index contributed by atoms with van der Waals surface area (Å²) in [7, 11) is 0. The van der Waals surface area contributed by atoms with Gasteiger partial charge in [-0.25, -0.2) is 0 Å². The summed E-state index contributed by atoms with van der Waals surface area (Å²) in [6.45, 7) is 2.33. The number of pyridine rings is 1. The first-order chi connectivity index (χ1) is 11.1. The third kappa shape index (κ3) is 2.27. The standard InChI is InChI=1S/C17H18N4O2/c18-11-17(3-4-17)16(23)21-9-13-8-20(15(22)14(13)10-21)7-12-2-1-5-19-6-12/h1-2,5-6,13-14H,3-4,7-10H2/t13-,14+/m0/s1. The van der Waals surface area contributed by atoms with Gasteiger partial charge in [0.15, 0.2) is 0 Å². The largest absolute Gasteiger partial charge is 0.340 e. The molecule has 0 spiro atoms. The van der Waals surface area contributed by atoms with E-state index >= 15 is 0 Å². The molecule has 0 unspecified atom stereocenters. The molecule has 2 atom stereocenters. The fourth-order valence-electron chi connectivity index (χ4n) is 3.77. The van der Waals surface area contributed by atoms with Crippen LogP contribution in [0.5, 0.6) is 0 Å². The quantitative estimate of drug-likeness (QED) is 0.827. The molecule has 3 aliphatic rings. The zero-order valence-corrected chi connectivity index (χ0v) is 12.8.